The zero-order valence-corrected chi connectivity index (χ0v) is 20.5. The quantitative estimate of drug-likeness (QED) is 0.623. The molecule has 1 atom stereocenters. The molecule has 2 amide bonds. The molecule has 2 heterocycles. The molecular weight excluding hydrogens is 450 g/mol. The lowest BCUT2D eigenvalue weighted by molar-refractivity contribution is -0.133. The molecule has 0 bridgehead atoms. The first kappa shape index (κ1) is 24.4. The van der Waals surface area contributed by atoms with Crippen molar-refractivity contribution in [2.45, 2.75) is 56.3 Å². The van der Waals surface area contributed by atoms with Crippen LogP contribution in [-0.2, 0) is 26.0 Å². The largest absolute Gasteiger partial charge is 0.343 e. The summed E-state index contributed by atoms with van der Waals surface area (Å²) in [6, 6.07) is 14.7. The summed E-state index contributed by atoms with van der Waals surface area (Å²) in [5.41, 5.74) is 2.66. The maximum Gasteiger partial charge on any atom is 0.240 e. The van der Waals surface area contributed by atoms with Crippen LogP contribution in [0.3, 0.4) is 0 Å². The zero-order valence-electron chi connectivity index (χ0n) is 19.7. The summed E-state index contributed by atoms with van der Waals surface area (Å²) in [5.74, 6) is 0.00501. The van der Waals surface area contributed by atoms with E-state index in [0.717, 1.165) is 49.2 Å². The van der Waals surface area contributed by atoms with E-state index in [-0.39, 0.29) is 35.5 Å². The molecule has 34 heavy (non-hydrogen) atoms. The van der Waals surface area contributed by atoms with Gasteiger partial charge in [0.15, 0.2) is 0 Å². The third-order valence-corrected chi connectivity index (χ3v) is 8.19. The van der Waals surface area contributed by atoms with Gasteiger partial charge in [0.25, 0.3) is 0 Å². The Labute approximate surface area is 202 Å². The van der Waals surface area contributed by atoms with E-state index in [1.54, 1.807) is 23.1 Å². The predicted octanol–water partition coefficient (Wildman–Crippen LogP) is 3.45. The van der Waals surface area contributed by atoms with Crippen LogP contribution >= 0.6 is 0 Å². The van der Waals surface area contributed by atoms with Crippen LogP contribution in [0.1, 0.15) is 56.1 Å². The van der Waals surface area contributed by atoms with Crippen molar-refractivity contribution >= 4 is 27.5 Å². The van der Waals surface area contributed by atoms with Crippen LogP contribution in [0.2, 0.25) is 0 Å². The molecule has 0 saturated carbocycles. The third-order valence-electron chi connectivity index (χ3n) is 6.77. The van der Waals surface area contributed by atoms with Crippen LogP contribution in [0, 0.1) is 0 Å². The topological polar surface area (TPSA) is 86.8 Å². The minimum atomic E-state index is -3.66. The average molecular weight is 484 g/mol. The molecule has 2 aromatic rings. The van der Waals surface area contributed by atoms with E-state index in [0.29, 0.717) is 19.5 Å². The number of amides is 2. The van der Waals surface area contributed by atoms with E-state index in [1.165, 1.54) is 0 Å². The van der Waals surface area contributed by atoms with Crippen molar-refractivity contribution in [2.24, 2.45) is 0 Å². The third kappa shape index (κ3) is 5.67. The summed E-state index contributed by atoms with van der Waals surface area (Å²) in [5, 5.41) is 0. The average Bonchev–Trinajstić information content (AvgIpc) is 3.30. The summed E-state index contributed by atoms with van der Waals surface area (Å²) in [7, 11) is -3.66. The van der Waals surface area contributed by atoms with Gasteiger partial charge in [-0.15, -0.1) is 0 Å². The fraction of sp³-hybridized carbons (Fsp3) is 0.462. The molecule has 0 spiro atoms. The van der Waals surface area contributed by atoms with Gasteiger partial charge < -0.3 is 9.80 Å². The van der Waals surface area contributed by atoms with Crippen LogP contribution in [0.25, 0.3) is 0 Å². The summed E-state index contributed by atoms with van der Waals surface area (Å²) in [4.78, 5) is 29.0. The van der Waals surface area contributed by atoms with Crippen molar-refractivity contribution < 1.29 is 18.0 Å². The number of hydrogen-bond acceptors (Lipinski definition) is 4. The molecule has 7 nitrogen and oxygen atoms in total. The number of anilines is 1. The fourth-order valence-electron chi connectivity index (χ4n) is 4.67. The second-order valence-corrected chi connectivity index (χ2v) is 11.0. The number of carbonyl (C=O) groups is 2. The monoisotopic (exact) mass is 483 g/mol. The maximum absolute atomic E-state index is 12.9. The molecular formula is C26H33N3O4S. The van der Waals surface area contributed by atoms with Gasteiger partial charge in [0, 0.05) is 44.7 Å². The number of nitrogens with zero attached hydrogens (tertiary/aromatic N) is 2. The first-order valence-electron chi connectivity index (χ1n) is 12.1. The zero-order chi connectivity index (χ0) is 24.1. The predicted molar refractivity (Wildman–Crippen MR) is 132 cm³/mol. The highest BCUT2D eigenvalue weighted by Gasteiger charge is 2.27. The molecule has 8 heteroatoms. The number of fused-ring (bicyclic) bond motifs is 1. The number of piperidine rings is 1. The number of likely N-dealkylation sites (tertiary alicyclic amines) is 1. The van der Waals surface area contributed by atoms with Gasteiger partial charge in [-0.25, -0.2) is 13.1 Å². The summed E-state index contributed by atoms with van der Waals surface area (Å²) >= 11 is 0. The van der Waals surface area contributed by atoms with Crippen LogP contribution in [0.4, 0.5) is 5.69 Å². The summed E-state index contributed by atoms with van der Waals surface area (Å²) < 4.78 is 28.5. The van der Waals surface area contributed by atoms with Crippen LogP contribution in [0.5, 0.6) is 0 Å². The lowest BCUT2D eigenvalue weighted by atomic mass is 10.0. The Bertz CT molecular complexity index is 1130. The van der Waals surface area contributed by atoms with E-state index < -0.39 is 10.0 Å². The van der Waals surface area contributed by atoms with Crippen molar-refractivity contribution in [3.63, 3.8) is 0 Å². The Hall–Kier alpha value is -2.71. The van der Waals surface area contributed by atoms with Crippen molar-refractivity contribution in [3.8, 4) is 0 Å². The Morgan fingerprint density at radius 3 is 2.38 bits per heavy atom. The van der Waals surface area contributed by atoms with E-state index in [1.807, 2.05) is 42.2 Å². The molecule has 2 aromatic carbocycles. The molecule has 2 aliphatic rings. The number of carbonyl (C=O) groups excluding carboxylic acids is 2. The number of rotatable bonds is 8. The molecule has 1 N–H and O–H groups in total. The van der Waals surface area contributed by atoms with E-state index >= 15 is 0 Å². The maximum atomic E-state index is 12.9. The van der Waals surface area contributed by atoms with Crippen molar-refractivity contribution in [1.82, 2.24) is 9.62 Å². The van der Waals surface area contributed by atoms with E-state index in [4.69, 9.17) is 0 Å². The molecule has 1 fully saturated rings. The smallest absolute Gasteiger partial charge is 0.240 e. The number of nitrogens with one attached hydrogen (secondary N) is 1. The summed E-state index contributed by atoms with van der Waals surface area (Å²) in [6.45, 7) is 4.37. The molecule has 182 valence electrons. The van der Waals surface area contributed by atoms with Gasteiger partial charge in [-0.05, 0) is 60.9 Å². The second kappa shape index (κ2) is 10.7. The highest BCUT2D eigenvalue weighted by atomic mass is 32.2. The van der Waals surface area contributed by atoms with Gasteiger partial charge >= 0.3 is 0 Å². The number of benzene rings is 2. The Balaban J connectivity index is 1.35. The van der Waals surface area contributed by atoms with Crippen LogP contribution < -0.4 is 9.62 Å². The molecule has 4 rings (SSSR count). The highest BCUT2D eigenvalue weighted by molar-refractivity contribution is 7.89. The molecule has 0 aromatic heterocycles. The highest BCUT2D eigenvalue weighted by Crippen LogP contribution is 2.31. The van der Waals surface area contributed by atoms with Gasteiger partial charge in [-0.1, -0.05) is 37.3 Å². The molecule has 0 radical (unpaired) electrons. The van der Waals surface area contributed by atoms with Crippen molar-refractivity contribution in [3.05, 3.63) is 59.7 Å². The molecule has 2 aliphatic heterocycles. The normalized spacial score (nSPS) is 16.9. The SMILES string of the molecule is C[C@@H](CNS(=O)(=O)c1ccc2c(c1)CCN2C(=O)CCC(=O)N1CCCCC1)c1ccccc1. The standard InChI is InChI=1S/C26H33N3O4S/c1-20(21-8-4-2-5-9-21)19-27-34(32,33)23-10-11-24-22(18-23)14-17-29(24)26(31)13-12-25(30)28-15-6-3-7-16-28/h2,4-5,8-11,18,20,27H,3,6-7,12-17,19H2,1H3/t20-/m0/s1. The van der Waals surface area contributed by atoms with E-state index in [2.05, 4.69) is 4.72 Å². The van der Waals surface area contributed by atoms with Crippen LogP contribution in [0.15, 0.2) is 53.4 Å². The first-order valence-corrected chi connectivity index (χ1v) is 13.6. The fourth-order valence-corrected chi connectivity index (χ4v) is 5.85. The molecule has 1 saturated heterocycles. The second-order valence-electron chi connectivity index (χ2n) is 9.19. The van der Waals surface area contributed by atoms with Crippen molar-refractivity contribution in [1.29, 1.82) is 0 Å². The Morgan fingerprint density at radius 1 is 0.941 bits per heavy atom. The number of hydrogen-bond donors (Lipinski definition) is 1. The van der Waals surface area contributed by atoms with Gasteiger partial charge in [-0.3, -0.25) is 9.59 Å². The number of sulfonamides is 1. The minimum Gasteiger partial charge on any atom is -0.343 e. The van der Waals surface area contributed by atoms with E-state index in [9.17, 15) is 18.0 Å². The molecule has 0 unspecified atom stereocenters. The Kier molecular flexibility index (Phi) is 7.68. The Morgan fingerprint density at radius 2 is 1.65 bits per heavy atom. The van der Waals surface area contributed by atoms with Crippen LogP contribution in [-0.4, -0.2) is 51.3 Å². The molecule has 0 aliphatic carbocycles. The lowest BCUT2D eigenvalue weighted by Crippen LogP contribution is -2.37. The minimum absolute atomic E-state index is 0.0460. The van der Waals surface area contributed by atoms with Gasteiger partial charge in [0.05, 0.1) is 4.90 Å². The van der Waals surface area contributed by atoms with Crippen molar-refractivity contribution in [2.75, 3.05) is 31.1 Å². The first-order chi connectivity index (χ1) is 16.3. The van der Waals surface area contributed by atoms with Gasteiger partial charge in [-0.2, -0.15) is 0 Å². The lowest BCUT2D eigenvalue weighted by Gasteiger charge is -2.27. The van der Waals surface area contributed by atoms with Gasteiger partial charge in [0.1, 0.15) is 0 Å². The summed E-state index contributed by atoms with van der Waals surface area (Å²) in [6.07, 6.45) is 4.22. The van der Waals surface area contributed by atoms with Gasteiger partial charge in [0.2, 0.25) is 21.8 Å².